The molecule has 14 heavy (non-hydrogen) atoms. The van der Waals surface area contributed by atoms with Crippen LogP contribution in [0, 0.1) is 5.82 Å². The van der Waals surface area contributed by atoms with Crippen molar-refractivity contribution in [3.8, 4) is 0 Å². The quantitative estimate of drug-likeness (QED) is 0.737. The van der Waals surface area contributed by atoms with Gasteiger partial charge in [0.1, 0.15) is 11.6 Å². The van der Waals surface area contributed by atoms with Crippen LogP contribution in [0.4, 0.5) is 4.39 Å². The van der Waals surface area contributed by atoms with E-state index in [9.17, 15) is 9.18 Å². The van der Waals surface area contributed by atoms with E-state index < -0.39 is 0 Å². The minimum absolute atomic E-state index is 0.0431. The maximum Gasteiger partial charge on any atom is 0.134 e. The molecule has 76 valence electrons. The van der Waals surface area contributed by atoms with Crippen molar-refractivity contribution in [3.05, 3.63) is 35.1 Å². The first-order valence-corrected chi connectivity index (χ1v) is 4.39. The third-order valence-corrected chi connectivity index (χ3v) is 1.90. The molecule has 1 aromatic rings. The maximum absolute atomic E-state index is 13.6. The van der Waals surface area contributed by atoms with Crippen molar-refractivity contribution in [2.75, 3.05) is 7.11 Å². The summed E-state index contributed by atoms with van der Waals surface area (Å²) >= 11 is 0. The van der Waals surface area contributed by atoms with Crippen molar-refractivity contribution in [1.29, 1.82) is 0 Å². The lowest BCUT2D eigenvalue weighted by Gasteiger charge is -2.05. The van der Waals surface area contributed by atoms with E-state index in [1.807, 2.05) is 0 Å². The molecule has 0 atom stereocenters. The third-order valence-electron chi connectivity index (χ3n) is 1.90. The standard InChI is InChI=1S/C11H13FO2/c1-8(13)6-9-4-3-5-10(7-14-2)11(9)12/h3-5H,6-7H2,1-2H3. The summed E-state index contributed by atoms with van der Waals surface area (Å²) in [5.74, 6) is -0.372. The molecule has 0 heterocycles. The number of methoxy groups -OCH3 is 1. The molecule has 0 N–H and O–H groups in total. The lowest BCUT2D eigenvalue weighted by molar-refractivity contribution is -0.116. The molecule has 0 amide bonds. The number of rotatable bonds is 4. The Morgan fingerprint density at radius 3 is 2.64 bits per heavy atom. The molecule has 0 aliphatic carbocycles. The fraction of sp³-hybridized carbons (Fsp3) is 0.364. The molecule has 0 aliphatic heterocycles. The molecule has 0 fully saturated rings. The average Bonchev–Trinajstić information content (AvgIpc) is 2.11. The summed E-state index contributed by atoms with van der Waals surface area (Å²) in [7, 11) is 1.51. The largest absolute Gasteiger partial charge is 0.380 e. The highest BCUT2D eigenvalue weighted by molar-refractivity contribution is 5.78. The van der Waals surface area contributed by atoms with E-state index in [1.165, 1.54) is 14.0 Å². The fourth-order valence-electron chi connectivity index (χ4n) is 1.30. The number of Topliss-reactive ketones (excluding diaryl/α,β-unsaturated/α-hetero) is 1. The molecule has 0 bridgehead atoms. The first-order valence-electron chi connectivity index (χ1n) is 4.39. The van der Waals surface area contributed by atoms with Crippen LogP contribution in [0.3, 0.4) is 0 Å². The van der Waals surface area contributed by atoms with Gasteiger partial charge in [-0.15, -0.1) is 0 Å². The Kier molecular flexibility index (Phi) is 3.77. The molecule has 0 unspecified atom stereocenters. The molecule has 0 radical (unpaired) electrons. The Bertz CT molecular complexity index is 334. The Labute approximate surface area is 82.7 Å². The lowest BCUT2D eigenvalue weighted by Crippen LogP contribution is -2.02. The molecule has 0 aromatic heterocycles. The van der Waals surface area contributed by atoms with Gasteiger partial charge in [0.2, 0.25) is 0 Å². The predicted molar refractivity (Wildman–Crippen MR) is 51.5 cm³/mol. The van der Waals surface area contributed by atoms with Gasteiger partial charge in [-0.3, -0.25) is 4.79 Å². The summed E-state index contributed by atoms with van der Waals surface area (Å²) in [6, 6.07) is 5.01. The molecule has 0 saturated heterocycles. The number of ketones is 1. The summed E-state index contributed by atoms with van der Waals surface area (Å²) in [6.45, 7) is 1.68. The second-order valence-corrected chi connectivity index (χ2v) is 3.20. The van der Waals surface area contributed by atoms with Gasteiger partial charge in [0.05, 0.1) is 6.61 Å². The monoisotopic (exact) mass is 196 g/mol. The summed E-state index contributed by atoms with van der Waals surface area (Å²) in [4.78, 5) is 10.8. The minimum Gasteiger partial charge on any atom is -0.380 e. The van der Waals surface area contributed by atoms with Crippen LogP contribution in [-0.2, 0) is 22.6 Å². The number of benzene rings is 1. The van der Waals surface area contributed by atoms with Crippen LogP contribution in [-0.4, -0.2) is 12.9 Å². The van der Waals surface area contributed by atoms with Crippen LogP contribution in [0.2, 0.25) is 0 Å². The smallest absolute Gasteiger partial charge is 0.134 e. The zero-order chi connectivity index (χ0) is 10.6. The van der Waals surface area contributed by atoms with Gasteiger partial charge in [-0.2, -0.15) is 0 Å². The molecular formula is C11H13FO2. The summed E-state index contributed by atoms with van der Waals surface area (Å²) < 4.78 is 18.4. The number of carbonyl (C=O) groups excluding carboxylic acids is 1. The maximum atomic E-state index is 13.6. The Morgan fingerprint density at radius 2 is 2.07 bits per heavy atom. The van der Waals surface area contributed by atoms with Gasteiger partial charge in [0.15, 0.2) is 0 Å². The van der Waals surface area contributed by atoms with Crippen molar-refractivity contribution >= 4 is 5.78 Å². The minimum atomic E-state index is -0.329. The molecule has 0 saturated carbocycles. The van der Waals surface area contributed by atoms with E-state index in [1.54, 1.807) is 18.2 Å². The molecule has 1 rings (SSSR count). The van der Waals surface area contributed by atoms with Gasteiger partial charge in [-0.1, -0.05) is 18.2 Å². The normalized spacial score (nSPS) is 10.2. The number of hydrogen-bond donors (Lipinski definition) is 0. The molecule has 2 nitrogen and oxygen atoms in total. The first-order chi connectivity index (χ1) is 6.65. The summed E-state index contributed by atoms with van der Waals surface area (Å²) in [5.41, 5.74) is 0.929. The van der Waals surface area contributed by atoms with Crippen LogP contribution in [0.1, 0.15) is 18.1 Å². The van der Waals surface area contributed by atoms with Crippen LogP contribution in [0.5, 0.6) is 0 Å². The summed E-state index contributed by atoms with van der Waals surface area (Å²) in [5, 5.41) is 0. The Balaban J connectivity index is 2.94. The topological polar surface area (TPSA) is 26.3 Å². The average molecular weight is 196 g/mol. The van der Waals surface area contributed by atoms with E-state index in [4.69, 9.17) is 4.74 Å². The highest BCUT2D eigenvalue weighted by Gasteiger charge is 2.08. The second-order valence-electron chi connectivity index (χ2n) is 3.20. The molecule has 0 aliphatic rings. The van der Waals surface area contributed by atoms with Crippen molar-refractivity contribution in [2.24, 2.45) is 0 Å². The van der Waals surface area contributed by atoms with E-state index >= 15 is 0 Å². The Morgan fingerprint density at radius 1 is 1.43 bits per heavy atom. The van der Waals surface area contributed by atoms with Crippen molar-refractivity contribution in [3.63, 3.8) is 0 Å². The molecule has 1 aromatic carbocycles. The van der Waals surface area contributed by atoms with Crippen molar-refractivity contribution in [1.82, 2.24) is 0 Å². The molecule has 3 heteroatoms. The zero-order valence-corrected chi connectivity index (χ0v) is 8.34. The van der Waals surface area contributed by atoms with Gasteiger partial charge in [0, 0.05) is 19.1 Å². The number of hydrogen-bond acceptors (Lipinski definition) is 2. The highest BCUT2D eigenvalue weighted by Crippen LogP contribution is 2.14. The first kappa shape index (κ1) is 10.9. The van der Waals surface area contributed by atoms with Gasteiger partial charge in [0.25, 0.3) is 0 Å². The predicted octanol–water partition coefficient (Wildman–Crippen LogP) is 2.10. The highest BCUT2D eigenvalue weighted by atomic mass is 19.1. The van der Waals surface area contributed by atoms with Gasteiger partial charge in [-0.05, 0) is 12.5 Å². The van der Waals surface area contributed by atoms with Gasteiger partial charge in [-0.25, -0.2) is 4.39 Å². The van der Waals surface area contributed by atoms with Crippen LogP contribution in [0.15, 0.2) is 18.2 Å². The van der Waals surface area contributed by atoms with Gasteiger partial charge < -0.3 is 4.74 Å². The lowest BCUT2D eigenvalue weighted by atomic mass is 10.1. The van der Waals surface area contributed by atoms with Crippen molar-refractivity contribution < 1.29 is 13.9 Å². The van der Waals surface area contributed by atoms with E-state index in [0.29, 0.717) is 11.1 Å². The number of carbonyl (C=O) groups is 1. The van der Waals surface area contributed by atoms with Crippen LogP contribution < -0.4 is 0 Å². The molecular weight excluding hydrogens is 183 g/mol. The number of halogens is 1. The van der Waals surface area contributed by atoms with Crippen LogP contribution in [0.25, 0.3) is 0 Å². The second kappa shape index (κ2) is 4.86. The van der Waals surface area contributed by atoms with Crippen molar-refractivity contribution in [2.45, 2.75) is 20.0 Å². The van der Waals surface area contributed by atoms with E-state index in [2.05, 4.69) is 0 Å². The fourth-order valence-corrected chi connectivity index (χ4v) is 1.30. The molecule has 0 spiro atoms. The number of ether oxygens (including phenoxy) is 1. The Hall–Kier alpha value is -1.22. The third kappa shape index (κ3) is 2.64. The van der Waals surface area contributed by atoms with E-state index in [0.717, 1.165) is 0 Å². The van der Waals surface area contributed by atoms with Crippen LogP contribution >= 0.6 is 0 Å². The summed E-state index contributed by atoms with van der Waals surface area (Å²) in [6.07, 6.45) is 0.142. The van der Waals surface area contributed by atoms with E-state index in [-0.39, 0.29) is 24.6 Å². The zero-order valence-electron chi connectivity index (χ0n) is 8.34. The van der Waals surface area contributed by atoms with Gasteiger partial charge >= 0.3 is 0 Å². The SMILES string of the molecule is COCc1cccc(CC(C)=O)c1F.